The van der Waals surface area contributed by atoms with Crippen LogP contribution in [0.3, 0.4) is 0 Å². The number of hydrogen-bond donors (Lipinski definition) is 1. The second kappa shape index (κ2) is 9.45. The number of aromatic hydroxyl groups is 1. The summed E-state index contributed by atoms with van der Waals surface area (Å²) in [7, 11) is 0. The second-order valence-electron chi connectivity index (χ2n) is 11.8. The van der Waals surface area contributed by atoms with Crippen molar-refractivity contribution < 1.29 is 9.84 Å². The summed E-state index contributed by atoms with van der Waals surface area (Å²) in [4.78, 5) is 19.6. The predicted octanol–water partition coefficient (Wildman–Crippen LogP) is 5.69. The Bertz CT molecular complexity index is 1790. The van der Waals surface area contributed by atoms with Gasteiger partial charge in [0.25, 0.3) is 0 Å². The van der Waals surface area contributed by atoms with E-state index in [1.807, 2.05) is 42.7 Å². The van der Waals surface area contributed by atoms with Crippen LogP contribution in [0.5, 0.6) is 11.8 Å². The minimum absolute atomic E-state index is 0.117. The number of aryl methyl sites for hydroxylation is 1. The van der Waals surface area contributed by atoms with Gasteiger partial charge in [-0.2, -0.15) is 9.97 Å². The first-order valence-corrected chi connectivity index (χ1v) is 14.7. The zero-order valence-electron chi connectivity index (χ0n) is 23.4. The van der Waals surface area contributed by atoms with Gasteiger partial charge in [0.2, 0.25) is 0 Å². The van der Waals surface area contributed by atoms with E-state index in [1.54, 1.807) is 0 Å². The number of rotatable bonds is 5. The molecule has 208 valence electrons. The van der Waals surface area contributed by atoms with Gasteiger partial charge in [-0.15, -0.1) is 0 Å². The topological polar surface area (TPSA) is 79.5 Å². The smallest absolute Gasteiger partial charge is 0.319 e. The van der Waals surface area contributed by atoms with Crippen LogP contribution >= 0.6 is 0 Å². The molecule has 8 nitrogen and oxygen atoms in total. The highest BCUT2D eigenvalue weighted by Gasteiger charge is 2.45. The molecule has 2 saturated heterocycles. The van der Waals surface area contributed by atoms with Crippen molar-refractivity contribution in [2.75, 3.05) is 31.1 Å². The molecular formula is C33H34N6O2. The predicted molar refractivity (Wildman–Crippen MR) is 160 cm³/mol. The van der Waals surface area contributed by atoms with E-state index < -0.39 is 0 Å². The molecule has 0 spiro atoms. The lowest BCUT2D eigenvalue weighted by atomic mass is 9.93. The SMILES string of the molecule is Cc1c(-c2cc(O)cc3ccccc23)ccc2c(N3CCn4ccnc4C3)nc(OCC34CCCN3CCC4)nc12. The third-order valence-corrected chi connectivity index (χ3v) is 9.54. The Morgan fingerprint density at radius 1 is 0.927 bits per heavy atom. The highest BCUT2D eigenvalue weighted by Crippen LogP contribution is 2.41. The fraction of sp³-hybridized carbons (Fsp3) is 0.364. The van der Waals surface area contributed by atoms with E-state index in [-0.39, 0.29) is 11.3 Å². The fourth-order valence-corrected chi connectivity index (χ4v) is 7.43. The van der Waals surface area contributed by atoms with Gasteiger partial charge in [0.1, 0.15) is 24.0 Å². The van der Waals surface area contributed by atoms with E-state index >= 15 is 0 Å². The van der Waals surface area contributed by atoms with Crippen molar-refractivity contribution in [1.82, 2.24) is 24.4 Å². The van der Waals surface area contributed by atoms with Gasteiger partial charge in [0, 0.05) is 30.9 Å². The van der Waals surface area contributed by atoms with Crippen molar-refractivity contribution in [3.63, 3.8) is 0 Å². The second-order valence-corrected chi connectivity index (χ2v) is 11.8. The lowest BCUT2D eigenvalue weighted by Crippen LogP contribution is -2.43. The molecular weight excluding hydrogens is 512 g/mol. The Hall–Kier alpha value is -4.17. The van der Waals surface area contributed by atoms with Crippen molar-refractivity contribution in [3.05, 3.63) is 72.3 Å². The molecule has 0 bridgehead atoms. The number of ether oxygens (including phenoxy) is 1. The van der Waals surface area contributed by atoms with Crippen LogP contribution in [0.1, 0.15) is 37.1 Å². The van der Waals surface area contributed by atoms with E-state index in [2.05, 4.69) is 44.5 Å². The van der Waals surface area contributed by atoms with E-state index in [4.69, 9.17) is 14.7 Å². The number of benzene rings is 3. The molecule has 0 radical (unpaired) electrons. The Kier molecular flexibility index (Phi) is 5.67. The van der Waals surface area contributed by atoms with Gasteiger partial charge in [-0.1, -0.05) is 30.3 Å². The van der Waals surface area contributed by atoms with Crippen molar-refractivity contribution in [2.24, 2.45) is 0 Å². The monoisotopic (exact) mass is 546 g/mol. The molecule has 8 rings (SSSR count). The molecule has 3 aliphatic rings. The Morgan fingerprint density at radius 3 is 2.66 bits per heavy atom. The number of nitrogens with zero attached hydrogens (tertiary/aromatic N) is 6. The van der Waals surface area contributed by atoms with Crippen LogP contribution < -0.4 is 9.64 Å². The quantitative estimate of drug-likeness (QED) is 0.303. The van der Waals surface area contributed by atoms with Crippen molar-refractivity contribution in [2.45, 2.75) is 51.2 Å². The van der Waals surface area contributed by atoms with E-state index in [0.717, 1.165) is 76.2 Å². The fourth-order valence-electron chi connectivity index (χ4n) is 7.43. The minimum atomic E-state index is 0.117. The maximum atomic E-state index is 10.6. The van der Waals surface area contributed by atoms with Gasteiger partial charge >= 0.3 is 6.01 Å². The summed E-state index contributed by atoms with van der Waals surface area (Å²) in [5.74, 6) is 2.18. The van der Waals surface area contributed by atoms with Gasteiger partial charge in [-0.05, 0) is 91.4 Å². The van der Waals surface area contributed by atoms with Crippen molar-refractivity contribution in [3.8, 4) is 22.9 Å². The summed E-state index contributed by atoms with van der Waals surface area (Å²) < 4.78 is 8.74. The average molecular weight is 547 g/mol. The van der Waals surface area contributed by atoms with Crippen LogP contribution in [-0.2, 0) is 13.1 Å². The van der Waals surface area contributed by atoms with Crippen LogP contribution in [0.4, 0.5) is 5.82 Å². The Morgan fingerprint density at radius 2 is 1.78 bits per heavy atom. The summed E-state index contributed by atoms with van der Waals surface area (Å²) in [5.41, 5.74) is 4.09. The first kappa shape index (κ1) is 24.6. The van der Waals surface area contributed by atoms with Crippen LogP contribution in [0.15, 0.2) is 60.9 Å². The standard InChI is InChI=1S/C33H34N6O2/c1-22-25(28-19-24(40)18-23-6-2-3-7-26(23)28)8-9-27-30(22)35-32(41-21-33-10-4-13-39(33)14-5-11-33)36-31(27)38-17-16-37-15-12-34-29(37)20-38/h2-3,6-9,12,15,18-19,40H,4-5,10-11,13-14,16-17,20-21H2,1H3. The number of hydrogen-bond acceptors (Lipinski definition) is 7. The van der Waals surface area contributed by atoms with E-state index in [1.165, 1.54) is 25.7 Å². The summed E-state index contributed by atoms with van der Waals surface area (Å²) in [5, 5.41) is 13.7. The van der Waals surface area contributed by atoms with Gasteiger partial charge in [-0.25, -0.2) is 4.98 Å². The molecule has 0 saturated carbocycles. The number of fused-ring (bicyclic) bond motifs is 4. The third-order valence-electron chi connectivity index (χ3n) is 9.54. The summed E-state index contributed by atoms with van der Waals surface area (Å²) in [6.07, 6.45) is 8.73. The molecule has 0 aliphatic carbocycles. The minimum Gasteiger partial charge on any atom is -0.508 e. The number of phenolic OH excluding ortho intramolecular Hbond substituents is 1. The lowest BCUT2D eigenvalue weighted by molar-refractivity contribution is 0.108. The Balaban J connectivity index is 1.26. The molecule has 3 aromatic carbocycles. The average Bonchev–Trinajstić information content (AvgIpc) is 3.71. The van der Waals surface area contributed by atoms with Crippen LogP contribution in [0.2, 0.25) is 0 Å². The number of imidazole rings is 1. The summed E-state index contributed by atoms with van der Waals surface area (Å²) in [6, 6.07) is 16.6. The zero-order valence-corrected chi connectivity index (χ0v) is 23.4. The van der Waals surface area contributed by atoms with E-state index in [9.17, 15) is 5.11 Å². The van der Waals surface area contributed by atoms with Crippen LogP contribution in [0.25, 0.3) is 32.8 Å². The molecule has 8 heteroatoms. The highest BCUT2D eigenvalue weighted by atomic mass is 16.5. The third kappa shape index (κ3) is 4.03. The molecule has 41 heavy (non-hydrogen) atoms. The van der Waals surface area contributed by atoms with Gasteiger partial charge in [-0.3, -0.25) is 4.90 Å². The first-order valence-electron chi connectivity index (χ1n) is 14.7. The van der Waals surface area contributed by atoms with Gasteiger partial charge < -0.3 is 19.3 Å². The zero-order chi connectivity index (χ0) is 27.6. The molecule has 0 atom stereocenters. The highest BCUT2D eigenvalue weighted by molar-refractivity contribution is 6.02. The molecule has 2 aromatic heterocycles. The number of anilines is 1. The summed E-state index contributed by atoms with van der Waals surface area (Å²) >= 11 is 0. The molecule has 0 amide bonds. The number of phenols is 1. The van der Waals surface area contributed by atoms with Gasteiger partial charge in [0.15, 0.2) is 0 Å². The summed E-state index contributed by atoms with van der Waals surface area (Å²) in [6.45, 7) is 7.45. The van der Waals surface area contributed by atoms with Crippen LogP contribution in [-0.4, -0.2) is 61.3 Å². The van der Waals surface area contributed by atoms with Crippen molar-refractivity contribution in [1.29, 1.82) is 0 Å². The maximum Gasteiger partial charge on any atom is 0.319 e. The molecule has 5 heterocycles. The van der Waals surface area contributed by atoms with E-state index in [0.29, 0.717) is 19.2 Å². The molecule has 2 fully saturated rings. The maximum absolute atomic E-state index is 10.6. The normalized spacial score (nSPS) is 18.2. The van der Waals surface area contributed by atoms with Gasteiger partial charge in [0.05, 0.1) is 17.6 Å². The number of aromatic nitrogens is 4. The largest absolute Gasteiger partial charge is 0.508 e. The molecule has 3 aliphatic heterocycles. The van der Waals surface area contributed by atoms with Crippen LogP contribution in [0, 0.1) is 6.92 Å². The molecule has 0 unspecified atom stereocenters. The lowest BCUT2D eigenvalue weighted by Gasteiger charge is -2.32. The molecule has 1 N–H and O–H groups in total. The first-order chi connectivity index (χ1) is 20.1. The Labute approximate surface area is 239 Å². The molecule has 5 aromatic rings. The van der Waals surface area contributed by atoms with Crippen molar-refractivity contribution >= 4 is 27.5 Å².